The van der Waals surface area contributed by atoms with Gasteiger partial charge in [0.25, 0.3) is 0 Å². The Labute approximate surface area is 589 Å². The molecule has 2 heterocycles. The van der Waals surface area contributed by atoms with Crippen LogP contribution in [0.1, 0.15) is 73.6 Å². The van der Waals surface area contributed by atoms with Crippen molar-refractivity contribution in [2.45, 2.75) is 75.6 Å². The minimum absolute atomic E-state index is 0.100. The number of methoxy groups -OCH3 is 4. The maximum atomic E-state index is 11.6. The second-order valence-electron chi connectivity index (χ2n) is 29.8. The molecule has 8 aromatic carbocycles. The first-order valence-electron chi connectivity index (χ1n) is 35.1. The molecule has 5 spiro atoms. The standard InChI is InChI=1S/2C45H40O2Si.2ClH.Hf/c2*1-28-22-42-38(34-16-14-32-26-36(46-3)20-18-30(32)24-34)10-6-8-12-40(42)44(28)48(5)45-29(2)23-43-39(11-7-9-13-41(43)45)35-17-15-33-27-37(47-4)21-19-31(33)25-35;;;/h2*6-27,38-39,48H,1-5H3;2*1H;/q;;;;+2/p-2. The molecule has 0 amide bonds. The summed E-state index contributed by atoms with van der Waals surface area (Å²) in [4.78, 5) is 0. The van der Waals surface area contributed by atoms with Gasteiger partial charge in [0.15, 0.2) is 0 Å². The number of fused-ring (bicyclic) bond motifs is 12. The van der Waals surface area contributed by atoms with Crippen LogP contribution in [0.2, 0.25) is 24.3 Å². The van der Waals surface area contributed by atoms with Crippen LogP contribution in [0.4, 0.5) is 0 Å². The molecule has 9 heteroatoms. The quantitative estimate of drug-likeness (QED) is 0.142. The Morgan fingerprint density at radius 2 is 0.515 bits per heavy atom. The van der Waals surface area contributed by atoms with Gasteiger partial charge in [0.2, 0.25) is 0 Å². The molecule has 0 saturated carbocycles. The van der Waals surface area contributed by atoms with E-state index >= 15 is 0 Å². The van der Waals surface area contributed by atoms with Gasteiger partial charge in [0.1, 0.15) is 0 Å². The summed E-state index contributed by atoms with van der Waals surface area (Å²) in [5.74, 6) is 3.00. The van der Waals surface area contributed by atoms with Crippen LogP contribution in [-0.4, -0.2) is 46.0 Å². The monoisotopic (exact) mass is 1530 g/mol. The van der Waals surface area contributed by atoms with Crippen molar-refractivity contribution in [3.63, 3.8) is 0 Å². The van der Waals surface area contributed by atoms with Crippen LogP contribution >= 0.6 is 17.2 Å². The third-order valence-corrected chi connectivity index (χ3v) is 144. The zero-order valence-corrected chi connectivity index (χ0v) is 65.2. The Morgan fingerprint density at radius 1 is 0.303 bits per heavy atom. The average Bonchev–Trinajstić information content (AvgIpc) is 1.52. The molecule has 2 fully saturated rings. The van der Waals surface area contributed by atoms with Crippen LogP contribution in [0.3, 0.4) is 0 Å². The zero-order valence-electron chi connectivity index (χ0n) is 57.8. The molecule has 8 unspecified atom stereocenters. The van der Waals surface area contributed by atoms with E-state index in [4.69, 9.17) is 18.9 Å². The van der Waals surface area contributed by atoms with Gasteiger partial charge in [-0.15, -0.1) is 0 Å². The van der Waals surface area contributed by atoms with Crippen LogP contribution in [0, 0.1) is 0 Å². The van der Waals surface area contributed by atoms with Crippen molar-refractivity contribution in [3.8, 4) is 23.0 Å². The van der Waals surface area contributed by atoms with Crippen molar-refractivity contribution in [1.82, 2.24) is 0 Å². The SMILES string of the molecule is COc1ccc2cc(C3C=CC=CC4=C3C=C(C)[C]43[SiH](C)[C]4(C(C)=CC5=C4C=CC=CC5c4ccc5cc(OC)ccc5c4)[Hf]34([Cl])([Cl])[C]3(C(C)=CC5=C3C=CC=CC5c3ccc5cc(OC)ccc5c3)[SiH](C)[C]43C(C)=CC4=C3C=CC=CC4c3ccc4cc(OC)ccc4c3)ccc2c1. The number of benzene rings is 8. The summed E-state index contributed by atoms with van der Waals surface area (Å²) >= 11 is -7.96. The van der Waals surface area contributed by atoms with E-state index in [-0.39, 0.29) is 23.7 Å². The van der Waals surface area contributed by atoms with Crippen LogP contribution in [0.25, 0.3) is 43.1 Å². The fourth-order valence-electron chi connectivity index (χ4n) is 24.1. The molecule has 10 aliphatic rings. The van der Waals surface area contributed by atoms with Gasteiger partial charge in [0, 0.05) is 0 Å². The molecule has 490 valence electrons. The maximum absolute atomic E-state index is 11.6. The molecule has 2 aliphatic heterocycles. The third-order valence-electron chi connectivity index (χ3n) is 26.8. The van der Waals surface area contributed by atoms with Gasteiger partial charge in [-0.25, -0.2) is 0 Å². The van der Waals surface area contributed by atoms with Crippen LogP contribution in [0.15, 0.2) is 334 Å². The number of hydrogen-bond acceptors (Lipinski definition) is 4. The van der Waals surface area contributed by atoms with E-state index in [2.05, 4.69) is 308 Å². The Balaban J connectivity index is 0.989. The fraction of sp³-hybridized carbons (Fsp3) is 0.200. The van der Waals surface area contributed by atoms with E-state index in [1.165, 1.54) is 111 Å². The molecule has 18 rings (SSSR count). The van der Waals surface area contributed by atoms with Crippen molar-refractivity contribution < 1.29 is 33.6 Å². The van der Waals surface area contributed by atoms with Crippen LogP contribution in [0.5, 0.6) is 23.0 Å². The van der Waals surface area contributed by atoms with Crippen LogP contribution in [-0.2, 0) is 14.7 Å². The van der Waals surface area contributed by atoms with Gasteiger partial charge < -0.3 is 0 Å². The van der Waals surface area contributed by atoms with Crippen molar-refractivity contribution >= 4 is 77.8 Å². The third kappa shape index (κ3) is 7.11. The van der Waals surface area contributed by atoms with Crippen molar-refractivity contribution in [3.05, 3.63) is 356 Å². The predicted octanol–water partition coefficient (Wildman–Crippen LogP) is 23.4. The van der Waals surface area contributed by atoms with E-state index in [1.807, 2.05) is 0 Å². The van der Waals surface area contributed by atoms with Gasteiger partial charge in [-0.3, -0.25) is 0 Å². The van der Waals surface area contributed by atoms with E-state index in [0.29, 0.717) is 0 Å². The summed E-state index contributed by atoms with van der Waals surface area (Å²) < 4.78 is 20.0. The Morgan fingerprint density at radius 3 is 0.737 bits per heavy atom. The van der Waals surface area contributed by atoms with Crippen molar-refractivity contribution in [2.24, 2.45) is 0 Å². The molecule has 4 nitrogen and oxygen atoms in total. The predicted molar refractivity (Wildman–Crippen MR) is 418 cm³/mol. The van der Waals surface area contributed by atoms with Crippen LogP contribution < -0.4 is 18.9 Å². The number of rotatable bonds is 8. The topological polar surface area (TPSA) is 36.9 Å². The molecule has 2 saturated heterocycles. The van der Waals surface area contributed by atoms with Gasteiger partial charge in [0.05, 0.1) is 0 Å². The van der Waals surface area contributed by atoms with E-state index in [9.17, 15) is 17.2 Å². The summed E-state index contributed by atoms with van der Waals surface area (Å²) in [6, 6.07) is 54.0. The number of allylic oxidation sites excluding steroid dienone is 32. The normalized spacial score (nSPS) is 30.3. The Hall–Kier alpha value is -8.28. The fourth-order valence-corrected chi connectivity index (χ4v) is 196. The second kappa shape index (κ2) is 21.6. The summed E-state index contributed by atoms with van der Waals surface area (Å²) in [7, 11) is 24.9. The minimum atomic E-state index is -7.96. The summed E-state index contributed by atoms with van der Waals surface area (Å²) in [6.45, 7) is 15.5. The van der Waals surface area contributed by atoms with Gasteiger partial charge in [-0.2, -0.15) is 0 Å². The van der Waals surface area contributed by atoms with E-state index in [0.717, 1.165) is 44.5 Å². The molecule has 0 aromatic heterocycles. The first kappa shape index (κ1) is 62.9. The molecule has 8 atom stereocenters. The summed E-state index contributed by atoms with van der Waals surface area (Å²) in [5.41, 5.74) is 21.0. The second-order valence-corrected chi connectivity index (χ2v) is 84.2. The molecule has 0 radical (unpaired) electrons. The zero-order chi connectivity index (χ0) is 68.0. The molecular weight excluding hydrogens is 1450 g/mol. The molecule has 0 N–H and O–H groups in total. The molecule has 99 heavy (non-hydrogen) atoms. The summed E-state index contributed by atoms with van der Waals surface area (Å²) in [5, 5.41) is 9.30. The first-order chi connectivity index (χ1) is 48.0. The van der Waals surface area contributed by atoms with E-state index < -0.39 is 43.4 Å². The number of ether oxygens (including phenoxy) is 4. The first-order valence-corrected chi connectivity index (χ1v) is 55.9. The molecular formula is C90H80Cl2HfO4Si2. The molecule has 8 aromatic rings. The van der Waals surface area contributed by atoms with Gasteiger partial charge >= 0.3 is 595 Å². The molecule has 0 bridgehead atoms. The average molecular weight is 1530 g/mol. The Bertz CT molecular complexity index is 4930. The van der Waals surface area contributed by atoms with Gasteiger partial charge in [-0.05, 0) is 0 Å². The van der Waals surface area contributed by atoms with Crippen molar-refractivity contribution in [1.29, 1.82) is 0 Å². The van der Waals surface area contributed by atoms with Gasteiger partial charge in [-0.1, -0.05) is 0 Å². The molecule has 8 aliphatic carbocycles. The Kier molecular flexibility index (Phi) is 13.7. The van der Waals surface area contributed by atoms with Crippen molar-refractivity contribution in [2.75, 3.05) is 28.4 Å². The number of halogens is 2. The van der Waals surface area contributed by atoms with E-state index in [1.54, 1.807) is 28.4 Å². The number of hydrogen-bond donors (Lipinski definition) is 0. The summed E-state index contributed by atoms with van der Waals surface area (Å²) in [6.07, 6.45) is 49.2.